The molecule has 3 nitrogen and oxygen atoms in total. The SMILES string of the molecule is CC1OC(=O)C(c2ccccc2)=C1O. The summed E-state index contributed by atoms with van der Waals surface area (Å²) >= 11 is 0. The lowest BCUT2D eigenvalue weighted by Crippen LogP contribution is -2.05. The van der Waals surface area contributed by atoms with E-state index >= 15 is 0 Å². The van der Waals surface area contributed by atoms with Crippen molar-refractivity contribution in [2.45, 2.75) is 13.0 Å². The van der Waals surface area contributed by atoms with Gasteiger partial charge in [-0.1, -0.05) is 30.3 Å². The first kappa shape index (κ1) is 8.81. The summed E-state index contributed by atoms with van der Waals surface area (Å²) in [5.74, 6) is -0.442. The minimum Gasteiger partial charge on any atom is -0.507 e. The third-order valence-electron chi connectivity index (χ3n) is 2.19. The molecule has 0 saturated carbocycles. The van der Waals surface area contributed by atoms with Crippen LogP contribution in [0.5, 0.6) is 0 Å². The van der Waals surface area contributed by atoms with Crippen molar-refractivity contribution in [3.05, 3.63) is 41.7 Å². The summed E-state index contributed by atoms with van der Waals surface area (Å²) in [6, 6.07) is 9.01. The van der Waals surface area contributed by atoms with Crippen molar-refractivity contribution in [2.24, 2.45) is 0 Å². The van der Waals surface area contributed by atoms with Crippen LogP contribution in [-0.2, 0) is 9.53 Å². The molecule has 0 bridgehead atoms. The van der Waals surface area contributed by atoms with E-state index in [2.05, 4.69) is 0 Å². The lowest BCUT2D eigenvalue weighted by atomic mass is 10.1. The van der Waals surface area contributed by atoms with E-state index in [-0.39, 0.29) is 11.3 Å². The first-order valence-electron chi connectivity index (χ1n) is 4.39. The number of esters is 1. The average Bonchev–Trinajstić information content (AvgIpc) is 2.43. The Morgan fingerprint density at radius 3 is 2.43 bits per heavy atom. The quantitative estimate of drug-likeness (QED) is 0.688. The molecule has 0 saturated heterocycles. The fourth-order valence-electron chi connectivity index (χ4n) is 1.45. The maximum absolute atomic E-state index is 11.4. The maximum atomic E-state index is 11.4. The summed E-state index contributed by atoms with van der Waals surface area (Å²) in [7, 11) is 0. The molecule has 1 aromatic rings. The summed E-state index contributed by atoms with van der Waals surface area (Å²) in [4.78, 5) is 11.4. The maximum Gasteiger partial charge on any atom is 0.343 e. The predicted molar refractivity (Wildman–Crippen MR) is 51.5 cm³/mol. The first-order valence-corrected chi connectivity index (χ1v) is 4.39. The molecule has 1 aliphatic rings. The molecule has 0 spiro atoms. The van der Waals surface area contributed by atoms with Gasteiger partial charge in [-0.3, -0.25) is 0 Å². The molecule has 0 fully saturated rings. The molecule has 72 valence electrons. The van der Waals surface area contributed by atoms with Gasteiger partial charge in [-0.2, -0.15) is 0 Å². The molecule has 14 heavy (non-hydrogen) atoms. The highest BCUT2D eigenvalue weighted by molar-refractivity contribution is 6.19. The van der Waals surface area contributed by atoms with Gasteiger partial charge in [0.25, 0.3) is 0 Å². The number of carbonyl (C=O) groups excluding carboxylic acids is 1. The largest absolute Gasteiger partial charge is 0.507 e. The molecule has 1 N–H and O–H groups in total. The van der Waals surface area contributed by atoms with E-state index in [0.717, 1.165) is 0 Å². The monoisotopic (exact) mass is 190 g/mol. The van der Waals surface area contributed by atoms with E-state index < -0.39 is 12.1 Å². The number of ether oxygens (including phenoxy) is 1. The zero-order valence-corrected chi connectivity index (χ0v) is 7.73. The summed E-state index contributed by atoms with van der Waals surface area (Å²) in [6.45, 7) is 1.64. The Balaban J connectivity index is 2.49. The molecule has 1 atom stereocenters. The lowest BCUT2D eigenvalue weighted by molar-refractivity contribution is -0.137. The summed E-state index contributed by atoms with van der Waals surface area (Å²) in [5, 5.41) is 9.62. The van der Waals surface area contributed by atoms with Crippen molar-refractivity contribution in [2.75, 3.05) is 0 Å². The number of benzene rings is 1. The molecule has 2 rings (SSSR count). The van der Waals surface area contributed by atoms with Crippen LogP contribution < -0.4 is 0 Å². The highest BCUT2D eigenvalue weighted by Crippen LogP contribution is 2.28. The number of aliphatic hydroxyl groups excluding tert-OH is 1. The highest BCUT2D eigenvalue weighted by atomic mass is 16.6. The van der Waals surface area contributed by atoms with Crippen molar-refractivity contribution in [3.63, 3.8) is 0 Å². The molecule has 1 aromatic carbocycles. The Kier molecular flexibility index (Phi) is 2.00. The van der Waals surface area contributed by atoms with Crippen LogP contribution >= 0.6 is 0 Å². The van der Waals surface area contributed by atoms with Gasteiger partial charge in [0.1, 0.15) is 11.3 Å². The highest BCUT2D eigenvalue weighted by Gasteiger charge is 2.31. The standard InChI is InChI=1S/C11H10O3/c1-7-10(12)9(11(13)14-7)8-5-3-2-4-6-8/h2-7,12H,1H3. The Morgan fingerprint density at radius 2 is 1.93 bits per heavy atom. The van der Waals surface area contributed by atoms with Crippen molar-refractivity contribution < 1.29 is 14.6 Å². The van der Waals surface area contributed by atoms with Crippen LogP contribution in [0.4, 0.5) is 0 Å². The molecule has 1 unspecified atom stereocenters. The van der Waals surface area contributed by atoms with Crippen molar-refractivity contribution in [1.82, 2.24) is 0 Å². The van der Waals surface area contributed by atoms with Gasteiger partial charge in [0.05, 0.1) is 0 Å². The topological polar surface area (TPSA) is 46.5 Å². The Labute approximate surface area is 81.6 Å². The zero-order valence-electron chi connectivity index (χ0n) is 7.73. The molecular formula is C11H10O3. The van der Waals surface area contributed by atoms with Crippen molar-refractivity contribution in [3.8, 4) is 0 Å². The van der Waals surface area contributed by atoms with Crippen LogP contribution in [0, 0.1) is 0 Å². The number of aliphatic hydroxyl groups is 1. The van der Waals surface area contributed by atoms with Crippen LogP contribution in [0.1, 0.15) is 12.5 Å². The average molecular weight is 190 g/mol. The molecule has 0 amide bonds. The van der Waals surface area contributed by atoms with Gasteiger partial charge in [0.2, 0.25) is 0 Å². The molecular weight excluding hydrogens is 180 g/mol. The van der Waals surface area contributed by atoms with Gasteiger partial charge in [-0.25, -0.2) is 4.79 Å². The Hall–Kier alpha value is -1.77. The van der Waals surface area contributed by atoms with E-state index in [1.807, 2.05) is 18.2 Å². The van der Waals surface area contributed by atoms with E-state index in [9.17, 15) is 9.90 Å². The van der Waals surface area contributed by atoms with E-state index in [1.165, 1.54) is 0 Å². The minimum atomic E-state index is -0.530. The molecule has 3 heteroatoms. The number of carbonyl (C=O) groups is 1. The molecule has 0 aliphatic carbocycles. The van der Waals surface area contributed by atoms with E-state index in [0.29, 0.717) is 5.56 Å². The fraction of sp³-hybridized carbons (Fsp3) is 0.182. The number of rotatable bonds is 1. The number of hydrogen-bond donors (Lipinski definition) is 1. The first-order chi connectivity index (χ1) is 6.70. The normalized spacial score (nSPS) is 21.2. The van der Waals surface area contributed by atoms with Gasteiger partial charge in [0, 0.05) is 0 Å². The van der Waals surface area contributed by atoms with E-state index in [1.54, 1.807) is 19.1 Å². The van der Waals surface area contributed by atoms with Gasteiger partial charge in [0.15, 0.2) is 6.10 Å². The summed E-state index contributed by atoms with van der Waals surface area (Å²) < 4.78 is 4.88. The molecule has 1 heterocycles. The lowest BCUT2D eigenvalue weighted by Gasteiger charge is -1.99. The van der Waals surface area contributed by atoms with Gasteiger partial charge >= 0.3 is 5.97 Å². The minimum absolute atomic E-state index is 0.0150. The van der Waals surface area contributed by atoms with Crippen LogP contribution in [-0.4, -0.2) is 17.2 Å². The molecule has 0 radical (unpaired) electrons. The van der Waals surface area contributed by atoms with Crippen LogP contribution in [0.25, 0.3) is 5.57 Å². The Bertz CT molecular complexity index is 392. The fourth-order valence-corrected chi connectivity index (χ4v) is 1.45. The number of hydrogen-bond acceptors (Lipinski definition) is 3. The van der Waals surface area contributed by atoms with Crippen LogP contribution in [0.2, 0.25) is 0 Å². The number of cyclic esters (lactones) is 1. The van der Waals surface area contributed by atoms with Gasteiger partial charge in [-0.05, 0) is 12.5 Å². The second-order valence-corrected chi connectivity index (χ2v) is 3.17. The van der Waals surface area contributed by atoms with Crippen LogP contribution in [0.15, 0.2) is 36.1 Å². The van der Waals surface area contributed by atoms with Crippen molar-refractivity contribution in [1.29, 1.82) is 0 Å². The third kappa shape index (κ3) is 1.27. The third-order valence-corrected chi connectivity index (χ3v) is 2.19. The van der Waals surface area contributed by atoms with E-state index in [4.69, 9.17) is 4.74 Å². The van der Waals surface area contributed by atoms with Crippen LogP contribution in [0.3, 0.4) is 0 Å². The molecule has 1 aliphatic heterocycles. The second kappa shape index (κ2) is 3.18. The smallest absolute Gasteiger partial charge is 0.343 e. The van der Waals surface area contributed by atoms with Crippen molar-refractivity contribution >= 4 is 11.5 Å². The summed E-state index contributed by atoms with van der Waals surface area (Å²) in [5.41, 5.74) is 0.970. The predicted octanol–water partition coefficient (Wildman–Crippen LogP) is 1.90. The second-order valence-electron chi connectivity index (χ2n) is 3.17. The Morgan fingerprint density at radius 1 is 1.29 bits per heavy atom. The molecule has 0 aromatic heterocycles. The van der Waals surface area contributed by atoms with Gasteiger partial charge < -0.3 is 9.84 Å². The van der Waals surface area contributed by atoms with Gasteiger partial charge in [-0.15, -0.1) is 0 Å². The zero-order chi connectivity index (χ0) is 10.1. The summed E-state index contributed by atoms with van der Waals surface area (Å²) in [6.07, 6.45) is -0.530.